The number of nitrogens with zero attached hydrogens (tertiary/aromatic N) is 3. The Bertz CT molecular complexity index is 1000. The molecule has 0 N–H and O–H groups in total. The fourth-order valence-corrected chi connectivity index (χ4v) is 4.43. The first-order valence-corrected chi connectivity index (χ1v) is 10.9. The molecule has 1 saturated heterocycles. The Morgan fingerprint density at radius 3 is 2.77 bits per heavy atom. The van der Waals surface area contributed by atoms with Crippen molar-refractivity contribution in [2.45, 2.75) is 45.8 Å². The number of Topliss-reactive ketones (excluding diaryl/α,β-unsaturated/α-hetero) is 1. The highest BCUT2D eigenvalue weighted by Crippen LogP contribution is 2.31. The Balaban J connectivity index is 1.84. The van der Waals surface area contributed by atoms with Gasteiger partial charge in [-0.05, 0) is 32.8 Å². The van der Waals surface area contributed by atoms with E-state index in [4.69, 9.17) is 21.1 Å². The number of ether oxygens (including phenoxy) is 2. The number of hydrogen-bond acceptors (Lipinski definition) is 8. The number of non-ortho nitro benzene ring substituents is 1. The van der Waals surface area contributed by atoms with Gasteiger partial charge >= 0.3 is 0 Å². The number of carbonyl (C=O) groups excluding carboxylic acids is 2. The van der Waals surface area contributed by atoms with E-state index in [1.54, 1.807) is 13.8 Å². The molecule has 2 unspecified atom stereocenters. The fraction of sp³-hybridized carbons (Fsp3) is 0.450. The van der Waals surface area contributed by atoms with Gasteiger partial charge in [0.1, 0.15) is 5.75 Å². The molecule has 3 rings (SSSR count). The van der Waals surface area contributed by atoms with Crippen molar-refractivity contribution >= 4 is 45.4 Å². The Morgan fingerprint density at radius 1 is 1.48 bits per heavy atom. The molecule has 1 amide bonds. The minimum atomic E-state index is -0.953. The Labute approximate surface area is 188 Å². The second-order valence-corrected chi connectivity index (χ2v) is 8.57. The Morgan fingerprint density at radius 2 is 2.23 bits per heavy atom. The molecule has 1 aliphatic heterocycles. The highest BCUT2D eigenvalue weighted by atomic mass is 35.5. The van der Waals surface area contributed by atoms with E-state index < -0.39 is 11.0 Å². The number of carbonyl (C=O) groups is 2. The van der Waals surface area contributed by atoms with Crippen molar-refractivity contribution in [3.63, 3.8) is 0 Å². The summed E-state index contributed by atoms with van der Waals surface area (Å²) in [4.78, 5) is 41.9. The van der Waals surface area contributed by atoms with Gasteiger partial charge in [0.2, 0.25) is 0 Å². The van der Waals surface area contributed by atoms with Gasteiger partial charge in [0.25, 0.3) is 11.6 Å². The van der Waals surface area contributed by atoms with E-state index in [2.05, 4.69) is 4.98 Å². The molecule has 166 valence electrons. The smallest absolute Gasteiger partial charge is 0.271 e. The number of nitro groups is 1. The number of anilines is 1. The quantitative estimate of drug-likeness (QED) is 0.325. The first-order chi connectivity index (χ1) is 14.7. The molecule has 0 bridgehead atoms. The van der Waals surface area contributed by atoms with Gasteiger partial charge in [-0.3, -0.25) is 24.6 Å². The van der Waals surface area contributed by atoms with E-state index in [1.165, 1.54) is 30.0 Å². The number of hydrogen-bond donors (Lipinski definition) is 0. The number of ketones is 1. The predicted molar refractivity (Wildman–Crippen MR) is 116 cm³/mol. The van der Waals surface area contributed by atoms with Gasteiger partial charge in [0.15, 0.2) is 17.0 Å². The summed E-state index contributed by atoms with van der Waals surface area (Å²) in [7, 11) is 0. The molecule has 9 nitrogen and oxygen atoms in total. The van der Waals surface area contributed by atoms with Gasteiger partial charge in [-0.15, -0.1) is 0 Å². The average molecular weight is 468 g/mol. The summed E-state index contributed by atoms with van der Waals surface area (Å²) < 4.78 is 11.4. The molecule has 1 aliphatic rings. The molecular formula is C20H22ClN3O6S. The Hall–Kier alpha value is -2.56. The van der Waals surface area contributed by atoms with Crippen molar-refractivity contribution in [3.05, 3.63) is 43.9 Å². The van der Waals surface area contributed by atoms with Crippen LogP contribution in [0.5, 0.6) is 5.75 Å². The molecule has 0 spiro atoms. The maximum Gasteiger partial charge on any atom is 0.271 e. The minimum absolute atomic E-state index is 0.0310. The molecule has 1 aromatic heterocycles. The number of halogens is 1. The van der Waals surface area contributed by atoms with E-state index in [0.717, 1.165) is 24.2 Å². The van der Waals surface area contributed by atoms with Crippen LogP contribution >= 0.6 is 22.9 Å². The van der Waals surface area contributed by atoms with Crippen LogP contribution in [0.25, 0.3) is 0 Å². The second kappa shape index (κ2) is 9.71. The molecule has 1 aromatic carbocycles. The van der Waals surface area contributed by atoms with Crippen molar-refractivity contribution in [1.82, 2.24) is 4.98 Å². The lowest BCUT2D eigenvalue weighted by molar-refractivity contribution is -0.384. The topological polar surface area (TPSA) is 112 Å². The van der Waals surface area contributed by atoms with E-state index in [1.807, 2.05) is 0 Å². The largest absolute Gasteiger partial charge is 0.479 e. The molecular weight excluding hydrogens is 446 g/mol. The maximum absolute atomic E-state index is 13.3. The van der Waals surface area contributed by atoms with Crippen molar-refractivity contribution in [2.24, 2.45) is 0 Å². The number of aryl methyl sites for hydroxylation is 1. The molecule has 31 heavy (non-hydrogen) atoms. The lowest BCUT2D eigenvalue weighted by atomic mass is 10.2. The molecule has 0 aliphatic carbocycles. The highest BCUT2D eigenvalue weighted by Gasteiger charge is 2.31. The van der Waals surface area contributed by atoms with Gasteiger partial charge in [-0.2, -0.15) is 0 Å². The average Bonchev–Trinajstić information content (AvgIpc) is 3.36. The van der Waals surface area contributed by atoms with Crippen LogP contribution in [0.2, 0.25) is 5.02 Å². The van der Waals surface area contributed by atoms with E-state index in [9.17, 15) is 19.7 Å². The molecule has 0 saturated carbocycles. The van der Waals surface area contributed by atoms with Gasteiger partial charge in [0.05, 0.1) is 33.2 Å². The lowest BCUT2D eigenvalue weighted by Crippen LogP contribution is -2.44. The first-order valence-electron chi connectivity index (χ1n) is 9.69. The number of thiazole rings is 1. The van der Waals surface area contributed by atoms with Crippen molar-refractivity contribution in [1.29, 1.82) is 0 Å². The summed E-state index contributed by atoms with van der Waals surface area (Å²) in [6, 6.07) is 3.78. The molecule has 2 heterocycles. The van der Waals surface area contributed by atoms with Crippen LogP contribution < -0.4 is 9.64 Å². The number of benzene rings is 1. The monoisotopic (exact) mass is 467 g/mol. The SMILES string of the molecule is CC(=O)c1sc(N(CC2CCCO2)C(=O)C(C)Oc2ccc([N+](=O)[O-])cc2Cl)nc1C. The third-order valence-electron chi connectivity index (χ3n) is 4.79. The summed E-state index contributed by atoms with van der Waals surface area (Å²) in [5.74, 6) is -0.341. The summed E-state index contributed by atoms with van der Waals surface area (Å²) in [6.07, 6.45) is 0.638. The molecule has 2 atom stereocenters. The minimum Gasteiger partial charge on any atom is -0.479 e. The van der Waals surface area contributed by atoms with Crippen molar-refractivity contribution in [2.75, 3.05) is 18.1 Å². The summed E-state index contributed by atoms with van der Waals surface area (Å²) in [5.41, 5.74) is 0.385. The Kier molecular flexibility index (Phi) is 7.24. The van der Waals surface area contributed by atoms with Crippen LogP contribution in [0.15, 0.2) is 18.2 Å². The summed E-state index contributed by atoms with van der Waals surface area (Å²) in [5, 5.41) is 11.3. The zero-order valence-electron chi connectivity index (χ0n) is 17.3. The van der Waals surface area contributed by atoms with Gasteiger partial charge in [-0.1, -0.05) is 22.9 Å². The number of amides is 1. The summed E-state index contributed by atoms with van der Waals surface area (Å²) >= 11 is 7.24. The second-order valence-electron chi connectivity index (χ2n) is 7.18. The molecule has 2 aromatic rings. The fourth-order valence-electron chi connectivity index (χ4n) is 3.24. The zero-order chi connectivity index (χ0) is 22.7. The highest BCUT2D eigenvalue weighted by molar-refractivity contribution is 7.17. The number of aromatic nitrogens is 1. The zero-order valence-corrected chi connectivity index (χ0v) is 18.9. The number of rotatable bonds is 8. The maximum atomic E-state index is 13.3. The van der Waals surface area contributed by atoms with Gasteiger partial charge in [0, 0.05) is 25.7 Å². The van der Waals surface area contributed by atoms with E-state index in [-0.39, 0.29) is 40.8 Å². The third kappa shape index (κ3) is 5.38. The van der Waals surface area contributed by atoms with Crippen molar-refractivity contribution in [3.8, 4) is 5.75 Å². The molecule has 1 fully saturated rings. The first kappa shape index (κ1) is 23.1. The van der Waals surface area contributed by atoms with Gasteiger partial charge in [-0.25, -0.2) is 4.98 Å². The van der Waals surface area contributed by atoms with Crippen LogP contribution in [0, 0.1) is 17.0 Å². The van der Waals surface area contributed by atoms with E-state index in [0.29, 0.717) is 22.3 Å². The normalized spacial score (nSPS) is 16.7. The summed E-state index contributed by atoms with van der Waals surface area (Å²) in [6.45, 7) is 5.66. The molecule has 11 heteroatoms. The van der Waals surface area contributed by atoms with Crippen LogP contribution in [0.3, 0.4) is 0 Å². The van der Waals surface area contributed by atoms with Crippen molar-refractivity contribution < 1.29 is 24.0 Å². The van der Waals surface area contributed by atoms with Crippen LogP contribution in [-0.2, 0) is 9.53 Å². The molecule has 0 radical (unpaired) electrons. The predicted octanol–water partition coefficient (Wildman–Crippen LogP) is 4.20. The lowest BCUT2D eigenvalue weighted by Gasteiger charge is -2.26. The van der Waals surface area contributed by atoms with Crippen LogP contribution in [0.1, 0.15) is 42.1 Å². The van der Waals surface area contributed by atoms with Crippen LogP contribution in [0.4, 0.5) is 10.8 Å². The third-order valence-corrected chi connectivity index (χ3v) is 6.37. The van der Waals surface area contributed by atoms with E-state index >= 15 is 0 Å². The number of nitro benzene ring substituents is 1. The standard InChI is InChI=1S/C20H22ClN3O6S/c1-11-18(12(2)25)31-20(22-11)23(10-15-5-4-8-29-15)19(26)13(3)30-17-7-6-14(24(27)28)9-16(17)21/h6-7,9,13,15H,4-5,8,10H2,1-3H3. The van der Waals surface area contributed by atoms with Gasteiger partial charge < -0.3 is 9.47 Å². The van der Waals surface area contributed by atoms with Crippen LogP contribution in [-0.4, -0.2) is 47.0 Å².